The van der Waals surface area contributed by atoms with E-state index >= 15 is 0 Å². The lowest BCUT2D eigenvalue weighted by molar-refractivity contribution is -0.142. The number of benzene rings is 1. The van der Waals surface area contributed by atoms with E-state index in [4.69, 9.17) is 0 Å². The molecule has 180 valence electrons. The maximum atomic E-state index is 13.9. The maximum Gasteiger partial charge on any atom is 0.433 e. The molecule has 0 aliphatic carbocycles. The summed E-state index contributed by atoms with van der Waals surface area (Å²) in [5.41, 5.74) is 0.826. The smallest absolute Gasteiger partial charge is 0.348 e. The predicted molar refractivity (Wildman–Crippen MR) is 123 cm³/mol. The molecule has 2 aliphatic rings. The van der Waals surface area contributed by atoms with Crippen LogP contribution in [-0.4, -0.2) is 50.6 Å². The monoisotopic (exact) mass is 471 g/mol. The van der Waals surface area contributed by atoms with Gasteiger partial charge in [-0.25, -0.2) is 9.50 Å². The van der Waals surface area contributed by atoms with Crippen LogP contribution in [0.2, 0.25) is 0 Å². The Kier molecular flexibility index (Phi) is 5.62. The van der Waals surface area contributed by atoms with Crippen LogP contribution in [0, 0.1) is 0 Å². The molecule has 2 atom stereocenters. The maximum absolute atomic E-state index is 13.9. The predicted octanol–water partition coefficient (Wildman–Crippen LogP) is 4.89. The van der Waals surface area contributed by atoms with Gasteiger partial charge in [0.15, 0.2) is 17.0 Å². The van der Waals surface area contributed by atoms with E-state index in [1.807, 2.05) is 12.1 Å². The number of halogens is 3. The first-order chi connectivity index (χ1) is 16.1. The number of piperidine rings is 1. The Labute approximate surface area is 196 Å². The average molecular weight is 472 g/mol. The molecular weight excluding hydrogens is 443 g/mol. The number of fused-ring (bicyclic) bond motifs is 3. The van der Waals surface area contributed by atoms with Crippen molar-refractivity contribution < 1.29 is 18.0 Å². The van der Waals surface area contributed by atoms with Gasteiger partial charge in [0.1, 0.15) is 0 Å². The van der Waals surface area contributed by atoms with E-state index in [9.17, 15) is 18.0 Å². The van der Waals surface area contributed by atoms with Crippen LogP contribution >= 0.6 is 0 Å². The van der Waals surface area contributed by atoms with Crippen molar-refractivity contribution >= 4 is 11.6 Å². The van der Waals surface area contributed by atoms with Gasteiger partial charge < -0.3 is 10.2 Å². The van der Waals surface area contributed by atoms with Gasteiger partial charge >= 0.3 is 6.18 Å². The number of aromatic nitrogens is 3. The number of amides is 1. The topological polar surface area (TPSA) is 62.5 Å². The van der Waals surface area contributed by atoms with Crippen LogP contribution in [0.1, 0.15) is 67.2 Å². The highest BCUT2D eigenvalue weighted by atomic mass is 19.4. The van der Waals surface area contributed by atoms with Gasteiger partial charge in [-0.3, -0.25) is 4.79 Å². The van der Waals surface area contributed by atoms with Crippen molar-refractivity contribution in [3.63, 3.8) is 0 Å². The van der Waals surface area contributed by atoms with Gasteiger partial charge in [-0.15, -0.1) is 0 Å². The molecule has 1 amide bonds. The van der Waals surface area contributed by atoms with Gasteiger partial charge in [0.2, 0.25) is 0 Å². The van der Waals surface area contributed by atoms with Crippen LogP contribution in [0.15, 0.2) is 36.4 Å². The van der Waals surface area contributed by atoms with Crippen molar-refractivity contribution in [1.82, 2.24) is 24.8 Å². The molecule has 2 fully saturated rings. The minimum atomic E-state index is -4.65. The molecule has 34 heavy (non-hydrogen) atoms. The SMILES string of the molecule is CC(C)c1ccc(-c2cc(C(F)(F)F)n3nc(C(=O)NC4C[C@@H]5CC[C@@H](C4)N5C)cc3n2)cc1. The van der Waals surface area contributed by atoms with Gasteiger partial charge in [-0.05, 0) is 50.3 Å². The summed E-state index contributed by atoms with van der Waals surface area (Å²) in [4.78, 5) is 19.7. The van der Waals surface area contributed by atoms with E-state index in [2.05, 4.69) is 41.2 Å². The van der Waals surface area contributed by atoms with Crippen molar-refractivity contribution in [2.75, 3.05) is 7.05 Å². The van der Waals surface area contributed by atoms with Gasteiger partial charge in [0.25, 0.3) is 5.91 Å². The zero-order valence-corrected chi connectivity index (χ0v) is 19.4. The number of hydrogen-bond acceptors (Lipinski definition) is 4. The zero-order chi connectivity index (χ0) is 24.2. The normalized spacial score (nSPS) is 23.1. The van der Waals surface area contributed by atoms with Gasteiger partial charge in [-0.1, -0.05) is 38.1 Å². The fraction of sp³-hybridized carbons (Fsp3) is 0.480. The second-order valence-electron chi connectivity index (χ2n) is 9.79. The van der Waals surface area contributed by atoms with E-state index < -0.39 is 17.8 Å². The quantitative estimate of drug-likeness (QED) is 0.588. The Balaban J connectivity index is 1.46. The number of carbonyl (C=O) groups excluding carboxylic acids is 1. The minimum Gasteiger partial charge on any atom is -0.348 e. The molecule has 2 bridgehead atoms. The van der Waals surface area contributed by atoms with Crippen molar-refractivity contribution in [2.45, 2.75) is 69.8 Å². The number of alkyl halides is 3. The summed E-state index contributed by atoms with van der Waals surface area (Å²) in [5.74, 6) is -0.152. The standard InChI is InChI=1S/C25H28F3N5O/c1-14(2)15-4-6-16(7-5-15)20-12-22(25(26,27)28)33-23(30-20)13-21(31-33)24(34)29-17-10-18-8-9-19(11-17)32(18)3/h4-7,12-14,17-19H,8-11H2,1-3H3,(H,29,34)/t18-,19-/m0/s1. The van der Waals surface area contributed by atoms with Gasteiger partial charge in [0.05, 0.1) is 5.69 Å². The fourth-order valence-electron chi connectivity index (χ4n) is 5.26. The Bertz CT molecular complexity index is 1200. The zero-order valence-electron chi connectivity index (χ0n) is 19.4. The molecule has 1 aromatic carbocycles. The Morgan fingerprint density at radius 3 is 2.32 bits per heavy atom. The van der Waals surface area contributed by atoms with Crippen LogP contribution < -0.4 is 5.32 Å². The summed E-state index contributed by atoms with van der Waals surface area (Å²) in [6, 6.07) is 10.5. The van der Waals surface area contributed by atoms with Gasteiger partial charge in [-0.2, -0.15) is 18.3 Å². The molecule has 2 saturated heterocycles. The molecule has 2 aromatic heterocycles. The molecule has 6 nitrogen and oxygen atoms in total. The Morgan fingerprint density at radius 2 is 1.74 bits per heavy atom. The third-order valence-corrected chi connectivity index (χ3v) is 7.26. The third kappa shape index (κ3) is 4.17. The van der Waals surface area contributed by atoms with Crippen molar-refractivity contribution in [3.05, 3.63) is 53.3 Å². The molecule has 0 saturated carbocycles. The van der Waals surface area contributed by atoms with Crippen LogP contribution in [-0.2, 0) is 6.18 Å². The lowest BCUT2D eigenvalue weighted by Crippen LogP contribution is -2.48. The molecule has 2 aliphatic heterocycles. The second kappa shape index (κ2) is 8.37. The molecule has 4 heterocycles. The third-order valence-electron chi connectivity index (χ3n) is 7.26. The molecule has 1 N–H and O–H groups in total. The Hall–Kier alpha value is -2.94. The fourth-order valence-corrected chi connectivity index (χ4v) is 5.26. The van der Waals surface area contributed by atoms with E-state index in [1.54, 1.807) is 12.1 Å². The lowest BCUT2D eigenvalue weighted by atomic mass is 9.98. The van der Waals surface area contributed by atoms with Crippen LogP contribution in [0.25, 0.3) is 16.9 Å². The first-order valence-electron chi connectivity index (χ1n) is 11.7. The molecular formula is C25H28F3N5O. The van der Waals surface area contributed by atoms with E-state index in [1.165, 1.54) is 6.07 Å². The summed E-state index contributed by atoms with van der Waals surface area (Å²) in [6.07, 6.45) is -0.743. The van der Waals surface area contributed by atoms with E-state index in [0.29, 0.717) is 23.6 Å². The highest BCUT2D eigenvalue weighted by molar-refractivity contribution is 5.93. The highest BCUT2D eigenvalue weighted by Crippen LogP contribution is 2.35. The van der Waals surface area contributed by atoms with E-state index in [0.717, 1.165) is 41.8 Å². The summed E-state index contributed by atoms with van der Waals surface area (Å²) in [5, 5.41) is 6.99. The number of nitrogens with zero attached hydrogens (tertiary/aromatic N) is 4. The van der Waals surface area contributed by atoms with Gasteiger partial charge in [0, 0.05) is 29.8 Å². The molecule has 5 rings (SSSR count). The summed E-state index contributed by atoms with van der Waals surface area (Å²) in [7, 11) is 2.11. The minimum absolute atomic E-state index is 0.00362. The van der Waals surface area contributed by atoms with Crippen molar-refractivity contribution in [1.29, 1.82) is 0 Å². The second-order valence-corrected chi connectivity index (χ2v) is 9.79. The molecule has 9 heteroatoms. The number of carbonyl (C=O) groups is 1. The van der Waals surface area contributed by atoms with E-state index in [-0.39, 0.29) is 23.1 Å². The number of rotatable bonds is 4. The lowest BCUT2D eigenvalue weighted by Gasteiger charge is -2.36. The Morgan fingerprint density at radius 1 is 1.09 bits per heavy atom. The van der Waals surface area contributed by atoms with Crippen LogP contribution in [0.4, 0.5) is 13.2 Å². The number of nitrogens with one attached hydrogen (secondary N) is 1. The number of hydrogen-bond donors (Lipinski definition) is 1. The largest absolute Gasteiger partial charge is 0.433 e. The van der Waals surface area contributed by atoms with Crippen molar-refractivity contribution in [2.24, 2.45) is 0 Å². The average Bonchev–Trinajstić information content (AvgIpc) is 3.29. The van der Waals surface area contributed by atoms with Crippen LogP contribution in [0.5, 0.6) is 0 Å². The molecule has 0 unspecified atom stereocenters. The molecule has 0 spiro atoms. The summed E-state index contributed by atoms with van der Waals surface area (Å²) in [6.45, 7) is 4.10. The summed E-state index contributed by atoms with van der Waals surface area (Å²) < 4.78 is 42.4. The highest BCUT2D eigenvalue weighted by Gasteiger charge is 2.39. The van der Waals surface area contributed by atoms with Crippen molar-refractivity contribution in [3.8, 4) is 11.3 Å². The van der Waals surface area contributed by atoms with Crippen LogP contribution in [0.3, 0.4) is 0 Å². The summed E-state index contributed by atoms with van der Waals surface area (Å²) >= 11 is 0. The first-order valence-corrected chi connectivity index (χ1v) is 11.7. The first kappa shape index (κ1) is 22.8. The molecule has 0 radical (unpaired) electrons. The molecule has 3 aromatic rings.